The summed E-state index contributed by atoms with van der Waals surface area (Å²) in [4.78, 5) is 6.70. The second kappa shape index (κ2) is 6.06. The van der Waals surface area contributed by atoms with E-state index >= 15 is 0 Å². The number of rotatable bonds is 5. The number of hydrogen-bond donors (Lipinski definition) is 3. The van der Waals surface area contributed by atoms with E-state index in [1.165, 1.54) is 27.4 Å². The number of nitrogens with one attached hydrogen (secondary N) is 2. The van der Waals surface area contributed by atoms with Gasteiger partial charge in [-0.15, -0.1) is 0 Å². The standard InChI is InChI=1S/C20H21N3O/c1-24-15-6-7-20-17(9-15)18(12-23-20)13(10-21)8-14-11-22-19-5-3-2-4-16(14)19/h2-7,9,11-13,22-23H,8,10,21H2,1H3. The van der Waals surface area contributed by atoms with Crippen molar-refractivity contribution >= 4 is 21.8 Å². The molecule has 122 valence electrons. The van der Waals surface area contributed by atoms with Crippen LogP contribution in [0.5, 0.6) is 5.75 Å². The lowest BCUT2D eigenvalue weighted by molar-refractivity contribution is 0.415. The molecular formula is C20H21N3O. The third kappa shape index (κ3) is 2.45. The Labute approximate surface area is 140 Å². The highest BCUT2D eigenvalue weighted by Crippen LogP contribution is 2.31. The van der Waals surface area contributed by atoms with E-state index in [9.17, 15) is 0 Å². The van der Waals surface area contributed by atoms with Gasteiger partial charge in [-0.1, -0.05) is 18.2 Å². The third-order valence-electron chi connectivity index (χ3n) is 4.79. The SMILES string of the molecule is COc1ccc2[nH]cc(C(CN)Cc3c[nH]c4ccccc34)c2c1. The number of para-hydroxylation sites is 1. The Kier molecular flexibility index (Phi) is 3.75. The van der Waals surface area contributed by atoms with Crippen LogP contribution in [0.2, 0.25) is 0 Å². The molecule has 0 saturated heterocycles. The molecule has 0 radical (unpaired) electrons. The maximum Gasteiger partial charge on any atom is 0.119 e. The predicted molar refractivity (Wildman–Crippen MR) is 98.6 cm³/mol. The minimum Gasteiger partial charge on any atom is -0.497 e. The molecule has 0 aliphatic heterocycles. The van der Waals surface area contributed by atoms with Crippen LogP contribution in [0.25, 0.3) is 21.8 Å². The lowest BCUT2D eigenvalue weighted by Crippen LogP contribution is -2.14. The minimum atomic E-state index is 0.255. The molecule has 0 amide bonds. The summed E-state index contributed by atoms with van der Waals surface area (Å²) in [7, 11) is 1.69. The summed E-state index contributed by atoms with van der Waals surface area (Å²) in [5.74, 6) is 1.12. The molecule has 2 heterocycles. The van der Waals surface area contributed by atoms with E-state index in [4.69, 9.17) is 10.5 Å². The highest BCUT2D eigenvalue weighted by atomic mass is 16.5. The van der Waals surface area contributed by atoms with Gasteiger partial charge in [0.05, 0.1) is 7.11 Å². The molecular weight excluding hydrogens is 298 g/mol. The first kappa shape index (κ1) is 14.8. The Morgan fingerprint density at radius 3 is 2.62 bits per heavy atom. The first-order valence-corrected chi connectivity index (χ1v) is 8.20. The number of methoxy groups -OCH3 is 1. The summed E-state index contributed by atoms with van der Waals surface area (Å²) >= 11 is 0. The lowest BCUT2D eigenvalue weighted by Gasteiger charge is -2.14. The highest BCUT2D eigenvalue weighted by molar-refractivity contribution is 5.86. The van der Waals surface area contributed by atoms with Gasteiger partial charge in [0.2, 0.25) is 0 Å². The van der Waals surface area contributed by atoms with Gasteiger partial charge in [-0.3, -0.25) is 0 Å². The number of fused-ring (bicyclic) bond motifs is 2. The molecule has 4 heteroatoms. The smallest absolute Gasteiger partial charge is 0.119 e. The molecule has 2 aromatic heterocycles. The number of nitrogens with two attached hydrogens (primary N) is 1. The predicted octanol–water partition coefficient (Wildman–Crippen LogP) is 3.94. The van der Waals surface area contributed by atoms with Crippen LogP contribution < -0.4 is 10.5 Å². The third-order valence-corrected chi connectivity index (χ3v) is 4.79. The Morgan fingerprint density at radius 1 is 1.00 bits per heavy atom. The molecule has 0 aliphatic carbocycles. The maximum atomic E-state index is 6.13. The fourth-order valence-corrected chi connectivity index (χ4v) is 3.47. The summed E-state index contributed by atoms with van der Waals surface area (Å²) in [6.07, 6.45) is 5.09. The van der Waals surface area contributed by atoms with Crippen LogP contribution in [-0.2, 0) is 6.42 Å². The van der Waals surface area contributed by atoms with Gasteiger partial charge in [-0.25, -0.2) is 0 Å². The zero-order valence-corrected chi connectivity index (χ0v) is 13.7. The maximum absolute atomic E-state index is 6.13. The van der Waals surface area contributed by atoms with Crippen molar-refractivity contribution in [1.82, 2.24) is 9.97 Å². The topological polar surface area (TPSA) is 66.8 Å². The van der Waals surface area contributed by atoms with E-state index in [-0.39, 0.29) is 5.92 Å². The van der Waals surface area contributed by atoms with Gasteiger partial charge < -0.3 is 20.4 Å². The summed E-state index contributed by atoms with van der Waals surface area (Å²) in [6.45, 7) is 0.601. The fraction of sp³-hybridized carbons (Fsp3) is 0.200. The summed E-state index contributed by atoms with van der Waals surface area (Å²) in [5.41, 5.74) is 11.0. The molecule has 0 fully saturated rings. The Hall–Kier alpha value is -2.72. The number of aromatic nitrogens is 2. The summed E-state index contributed by atoms with van der Waals surface area (Å²) in [5, 5.41) is 2.46. The van der Waals surface area contributed by atoms with Crippen molar-refractivity contribution in [2.24, 2.45) is 5.73 Å². The van der Waals surface area contributed by atoms with Gasteiger partial charge in [0.25, 0.3) is 0 Å². The van der Waals surface area contributed by atoms with E-state index in [2.05, 4.69) is 58.8 Å². The largest absolute Gasteiger partial charge is 0.497 e. The van der Waals surface area contributed by atoms with Crippen LogP contribution in [0.1, 0.15) is 17.0 Å². The van der Waals surface area contributed by atoms with E-state index in [0.29, 0.717) is 6.54 Å². The second-order valence-electron chi connectivity index (χ2n) is 6.15. The van der Waals surface area contributed by atoms with Crippen molar-refractivity contribution < 1.29 is 4.74 Å². The van der Waals surface area contributed by atoms with Crippen LogP contribution >= 0.6 is 0 Å². The Morgan fingerprint density at radius 2 is 1.79 bits per heavy atom. The number of aromatic amines is 2. The van der Waals surface area contributed by atoms with Crippen molar-refractivity contribution in [2.75, 3.05) is 13.7 Å². The Bertz CT molecular complexity index is 983. The molecule has 0 saturated carbocycles. The van der Waals surface area contributed by atoms with Gasteiger partial charge in [-0.05, 0) is 48.4 Å². The molecule has 4 aromatic rings. The zero-order chi connectivity index (χ0) is 16.5. The van der Waals surface area contributed by atoms with Crippen molar-refractivity contribution in [2.45, 2.75) is 12.3 Å². The van der Waals surface area contributed by atoms with E-state index in [0.717, 1.165) is 17.7 Å². The average molecular weight is 319 g/mol. The van der Waals surface area contributed by atoms with Crippen molar-refractivity contribution in [3.05, 3.63) is 66.0 Å². The van der Waals surface area contributed by atoms with Crippen molar-refractivity contribution in [3.63, 3.8) is 0 Å². The lowest BCUT2D eigenvalue weighted by atomic mass is 9.91. The van der Waals surface area contributed by atoms with Crippen molar-refractivity contribution in [1.29, 1.82) is 0 Å². The van der Waals surface area contributed by atoms with Crippen LogP contribution in [0.3, 0.4) is 0 Å². The zero-order valence-electron chi connectivity index (χ0n) is 13.7. The van der Waals surface area contributed by atoms with Gasteiger partial charge in [-0.2, -0.15) is 0 Å². The van der Waals surface area contributed by atoms with E-state index in [1.807, 2.05) is 6.07 Å². The van der Waals surface area contributed by atoms with Gasteiger partial charge in [0, 0.05) is 40.1 Å². The molecule has 2 aromatic carbocycles. The minimum absolute atomic E-state index is 0.255. The van der Waals surface area contributed by atoms with Crippen LogP contribution in [0.15, 0.2) is 54.9 Å². The van der Waals surface area contributed by atoms with Crippen LogP contribution in [-0.4, -0.2) is 23.6 Å². The normalized spacial score (nSPS) is 12.8. The number of hydrogen-bond acceptors (Lipinski definition) is 2. The molecule has 1 atom stereocenters. The van der Waals surface area contributed by atoms with Crippen molar-refractivity contribution in [3.8, 4) is 5.75 Å². The molecule has 0 bridgehead atoms. The number of H-pyrrole nitrogens is 2. The van der Waals surface area contributed by atoms with Crippen LogP contribution in [0.4, 0.5) is 0 Å². The molecule has 4 N–H and O–H groups in total. The first-order chi connectivity index (χ1) is 11.8. The monoisotopic (exact) mass is 319 g/mol. The molecule has 4 rings (SSSR count). The molecule has 1 unspecified atom stereocenters. The average Bonchev–Trinajstić information content (AvgIpc) is 3.23. The Balaban J connectivity index is 1.73. The fourth-order valence-electron chi connectivity index (χ4n) is 3.47. The highest BCUT2D eigenvalue weighted by Gasteiger charge is 2.17. The quantitative estimate of drug-likeness (QED) is 0.521. The second-order valence-corrected chi connectivity index (χ2v) is 6.15. The van der Waals surface area contributed by atoms with E-state index < -0.39 is 0 Å². The first-order valence-electron chi connectivity index (χ1n) is 8.20. The number of benzene rings is 2. The summed E-state index contributed by atoms with van der Waals surface area (Å²) < 4.78 is 5.37. The summed E-state index contributed by atoms with van der Waals surface area (Å²) in [6, 6.07) is 14.5. The van der Waals surface area contributed by atoms with Gasteiger partial charge >= 0.3 is 0 Å². The number of ether oxygens (including phenoxy) is 1. The van der Waals surface area contributed by atoms with E-state index in [1.54, 1.807) is 7.11 Å². The van der Waals surface area contributed by atoms with Gasteiger partial charge in [0.15, 0.2) is 0 Å². The molecule has 0 spiro atoms. The molecule has 4 nitrogen and oxygen atoms in total. The molecule has 24 heavy (non-hydrogen) atoms. The van der Waals surface area contributed by atoms with Crippen LogP contribution in [0, 0.1) is 0 Å². The molecule has 0 aliphatic rings. The van der Waals surface area contributed by atoms with Gasteiger partial charge in [0.1, 0.15) is 5.75 Å².